The minimum Gasteiger partial charge on any atom is -0.390 e. The molecule has 2 saturated heterocycles. The zero-order chi connectivity index (χ0) is 10.1. The standard InChI is InChI=1S/C10H21N3O/c1-8-7-12(2)3-4-13(8)9-5-11-6-10(9)14/h8-11,14H,3-7H2,1-2H3/t8-,9?,10?/m0/s1. The summed E-state index contributed by atoms with van der Waals surface area (Å²) in [5.41, 5.74) is 0. The maximum Gasteiger partial charge on any atom is 0.0831 e. The van der Waals surface area contributed by atoms with Crippen molar-refractivity contribution in [2.75, 3.05) is 39.8 Å². The van der Waals surface area contributed by atoms with E-state index in [9.17, 15) is 5.11 Å². The number of nitrogens with zero attached hydrogens (tertiary/aromatic N) is 2. The number of rotatable bonds is 1. The first kappa shape index (κ1) is 10.4. The Bertz CT molecular complexity index is 200. The van der Waals surface area contributed by atoms with E-state index < -0.39 is 0 Å². The van der Waals surface area contributed by atoms with Crippen LogP contribution in [0.15, 0.2) is 0 Å². The molecule has 2 rings (SSSR count). The molecule has 3 atom stereocenters. The summed E-state index contributed by atoms with van der Waals surface area (Å²) in [5, 5.41) is 13.1. The highest BCUT2D eigenvalue weighted by atomic mass is 16.3. The Morgan fingerprint density at radius 1 is 1.29 bits per heavy atom. The molecule has 0 amide bonds. The van der Waals surface area contributed by atoms with Crippen LogP contribution in [0.2, 0.25) is 0 Å². The second-order valence-corrected chi connectivity index (χ2v) is 4.64. The Morgan fingerprint density at radius 2 is 2.07 bits per heavy atom. The molecule has 0 radical (unpaired) electrons. The van der Waals surface area contributed by atoms with E-state index in [4.69, 9.17) is 0 Å². The lowest BCUT2D eigenvalue weighted by Crippen LogP contribution is -2.57. The number of aliphatic hydroxyl groups is 1. The van der Waals surface area contributed by atoms with Crippen molar-refractivity contribution in [3.05, 3.63) is 0 Å². The highest BCUT2D eigenvalue weighted by molar-refractivity contribution is 4.93. The van der Waals surface area contributed by atoms with Gasteiger partial charge in [-0.25, -0.2) is 0 Å². The minimum absolute atomic E-state index is 0.180. The summed E-state index contributed by atoms with van der Waals surface area (Å²) in [6, 6.07) is 0.895. The quantitative estimate of drug-likeness (QED) is 0.565. The van der Waals surface area contributed by atoms with E-state index in [1.807, 2.05) is 0 Å². The van der Waals surface area contributed by atoms with E-state index >= 15 is 0 Å². The monoisotopic (exact) mass is 199 g/mol. The number of likely N-dealkylation sites (N-methyl/N-ethyl adjacent to an activating group) is 1. The van der Waals surface area contributed by atoms with Gasteiger partial charge >= 0.3 is 0 Å². The van der Waals surface area contributed by atoms with Gasteiger partial charge in [-0.2, -0.15) is 0 Å². The van der Waals surface area contributed by atoms with Crippen molar-refractivity contribution in [3.63, 3.8) is 0 Å². The van der Waals surface area contributed by atoms with E-state index in [1.165, 1.54) is 0 Å². The molecule has 0 aliphatic carbocycles. The van der Waals surface area contributed by atoms with Crippen LogP contribution in [0, 0.1) is 0 Å². The Balaban J connectivity index is 1.96. The molecule has 2 fully saturated rings. The summed E-state index contributed by atoms with van der Waals surface area (Å²) in [6.45, 7) is 7.26. The van der Waals surface area contributed by atoms with Gasteiger partial charge in [-0.1, -0.05) is 0 Å². The van der Waals surface area contributed by atoms with Gasteiger partial charge in [0.1, 0.15) is 0 Å². The smallest absolute Gasteiger partial charge is 0.0831 e. The van der Waals surface area contributed by atoms with Crippen LogP contribution in [0.1, 0.15) is 6.92 Å². The number of hydrogen-bond acceptors (Lipinski definition) is 4. The molecule has 2 heterocycles. The third-order valence-corrected chi connectivity index (χ3v) is 3.46. The van der Waals surface area contributed by atoms with E-state index in [0.29, 0.717) is 12.1 Å². The van der Waals surface area contributed by atoms with Gasteiger partial charge < -0.3 is 15.3 Å². The molecule has 0 aromatic heterocycles. The predicted molar refractivity (Wildman–Crippen MR) is 56.3 cm³/mol. The van der Waals surface area contributed by atoms with Crippen molar-refractivity contribution in [1.82, 2.24) is 15.1 Å². The maximum atomic E-state index is 9.81. The maximum absolute atomic E-state index is 9.81. The van der Waals surface area contributed by atoms with Crippen molar-refractivity contribution < 1.29 is 5.11 Å². The van der Waals surface area contributed by atoms with Crippen molar-refractivity contribution in [2.45, 2.75) is 25.1 Å². The first-order chi connectivity index (χ1) is 6.68. The van der Waals surface area contributed by atoms with E-state index in [1.54, 1.807) is 0 Å². The molecule has 14 heavy (non-hydrogen) atoms. The average molecular weight is 199 g/mol. The van der Waals surface area contributed by atoms with E-state index in [-0.39, 0.29) is 6.10 Å². The molecule has 0 bridgehead atoms. The molecule has 0 saturated carbocycles. The molecular formula is C10H21N3O. The van der Waals surface area contributed by atoms with Crippen LogP contribution in [0.5, 0.6) is 0 Å². The Kier molecular flexibility index (Phi) is 3.07. The van der Waals surface area contributed by atoms with Gasteiger partial charge in [-0.05, 0) is 14.0 Å². The summed E-state index contributed by atoms with van der Waals surface area (Å²) in [4.78, 5) is 4.81. The Hall–Kier alpha value is -0.160. The summed E-state index contributed by atoms with van der Waals surface area (Å²) in [5.74, 6) is 0. The molecule has 0 aromatic rings. The van der Waals surface area contributed by atoms with Gasteiger partial charge in [0, 0.05) is 44.8 Å². The molecule has 2 N–H and O–H groups in total. The van der Waals surface area contributed by atoms with Gasteiger partial charge in [0.2, 0.25) is 0 Å². The fourth-order valence-corrected chi connectivity index (χ4v) is 2.64. The summed E-state index contributed by atoms with van der Waals surface area (Å²) in [7, 11) is 2.16. The largest absolute Gasteiger partial charge is 0.390 e. The summed E-state index contributed by atoms with van der Waals surface area (Å²) in [6.07, 6.45) is -0.180. The van der Waals surface area contributed by atoms with Crippen molar-refractivity contribution >= 4 is 0 Å². The molecule has 0 spiro atoms. The molecule has 82 valence electrons. The zero-order valence-electron chi connectivity index (χ0n) is 9.11. The highest BCUT2D eigenvalue weighted by Crippen LogP contribution is 2.16. The van der Waals surface area contributed by atoms with Crippen LogP contribution in [0.25, 0.3) is 0 Å². The second kappa shape index (κ2) is 4.14. The van der Waals surface area contributed by atoms with Crippen molar-refractivity contribution in [1.29, 1.82) is 0 Å². The van der Waals surface area contributed by atoms with Crippen LogP contribution in [0.3, 0.4) is 0 Å². The molecule has 4 nitrogen and oxygen atoms in total. The van der Waals surface area contributed by atoms with Crippen LogP contribution < -0.4 is 5.32 Å². The third-order valence-electron chi connectivity index (χ3n) is 3.46. The average Bonchev–Trinajstić information content (AvgIpc) is 2.52. The van der Waals surface area contributed by atoms with E-state index in [2.05, 4.69) is 29.1 Å². The Labute approximate surface area is 85.9 Å². The van der Waals surface area contributed by atoms with Gasteiger partial charge in [0.15, 0.2) is 0 Å². The van der Waals surface area contributed by atoms with Gasteiger partial charge in [-0.3, -0.25) is 4.90 Å². The minimum atomic E-state index is -0.180. The number of aliphatic hydroxyl groups excluding tert-OH is 1. The normalized spacial score (nSPS) is 41.8. The third kappa shape index (κ3) is 1.93. The second-order valence-electron chi connectivity index (χ2n) is 4.64. The van der Waals surface area contributed by atoms with Gasteiger partial charge in [0.05, 0.1) is 6.10 Å². The lowest BCUT2D eigenvalue weighted by atomic mass is 10.1. The fraction of sp³-hybridized carbons (Fsp3) is 1.00. The van der Waals surface area contributed by atoms with Crippen molar-refractivity contribution in [2.24, 2.45) is 0 Å². The number of nitrogens with one attached hydrogen (secondary N) is 1. The topological polar surface area (TPSA) is 38.7 Å². The van der Waals surface area contributed by atoms with Crippen LogP contribution in [-0.2, 0) is 0 Å². The highest BCUT2D eigenvalue weighted by Gasteiger charge is 2.34. The predicted octanol–water partition coefficient (Wildman–Crippen LogP) is -1.04. The van der Waals surface area contributed by atoms with Crippen LogP contribution in [0.4, 0.5) is 0 Å². The van der Waals surface area contributed by atoms with Gasteiger partial charge in [-0.15, -0.1) is 0 Å². The SMILES string of the molecule is C[C@H]1CN(C)CCN1C1CNCC1O. The lowest BCUT2D eigenvalue weighted by molar-refractivity contribution is 0.0181. The fourth-order valence-electron chi connectivity index (χ4n) is 2.64. The number of β-amino-alcohol motifs (C(OH)–C–C–N with tert-alkyl or cyclic N) is 1. The molecule has 2 aliphatic heterocycles. The first-order valence-corrected chi connectivity index (χ1v) is 5.51. The summed E-state index contributed by atoms with van der Waals surface area (Å²) < 4.78 is 0. The molecule has 2 aliphatic rings. The Morgan fingerprint density at radius 3 is 2.64 bits per heavy atom. The molecule has 4 heteroatoms. The lowest BCUT2D eigenvalue weighted by Gasteiger charge is -2.42. The van der Waals surface area contributed by atoms with Crippen molar-refractivity contribution in [3.8, 4) is 0 Å². The number of hydrogen-bond donors (Lipinski definition) is 2. The van der Waals surface area contributed by atoms with Gasteiger partial charge in [0.25, 0.3) is 0 Å². The molecule has 0 aromatic carbocycles. The van der Waals surface area contributed by atoms with Crippen LogP contribution >= 0.6 is 0 Å². The van der Waals surface area contributed by atoms with E-state index in [0.717, 1.165) is 32.7 Å². The molecule has 2 unspecified atom stereocenters. The molecular weight excluding hydrogens is 178 g/mol. The van der Waals surface area contributed by atoms with Crippen LogP contribution in [-0.4, -0.2) is 72.9 Å². The summed E-state index contributed by atoms with van der Waals surface area (Å²) >= 11 is 0. The first-order valence-electron chi connectivity index (χ1n) is 5.51. The number of piperazine rings is 1. The zero-order valence-corrected chi connectivity index (χ0v) is 9.11.